The van der Waals surface area contributed by atoms with Crippen molar-refractivity contribution in [2.75, 3.05) is 6.54 Å². The first kappa shape index (κ1) is 18.3. The largest absolute Gasteiger partial charge is 0.350 e. The molecule has 140 valence electrons. The molecule has 7 nitrogen and oxygen atoms in total. The molecule has 9 heteroatoms. The van der Waals surface area contributed by atoms with Crippen LogP contribution in [0.25, 0.3) is 23.0 Å². The second kappa shape index (κ2) is 8.28. The van der Waals surface area contributed by atoms with Crippen molar-refractivity contribution in [2.24, 2.45) is 0 Å². The zero-order valence-corrected chi connectivity index (χ0v) is 16.1. The van der Waals surface area contributed by atoms with Gasteiger partial charge in [0.05, 0.1) is 0 Å². The molecule has 3 aromatic heterocycles. The van der Waals surface area contributed by atoms with Crippen LogP contribution in [0.1, 0.15) is 15.4 Å². The predicted molar refractivity (Wildman–Crippen MR) is 106 cm³/mol. The molecule has 0 saturated carbocycles. The molecule has 0 aliphatic rings. The van der Waals surface area contributed by atoms with Gasteiger partial charge in [-0.15, -0.1) is 11.3 Å². The van der Waals surface area contributed by atoms with Gasteiger partial charge in [0.2, 0.25) is 5.82 Å². The molecule has 28 heavy (non-hydrogen) atoms. The molecule has 3 heterocycles. The first-order valence-electron chi connectivity index (χ1n) is 8.42. The van der Waals surface area contributed by atoms with Crippen molar-refractivity contribution in [1.29, 1.82) is 0 Å². The molecule has 0 saturated heterocycles. The highest BCUT2D eigenvalue weighted by atomic mass is 35.5. The van der Waals surface area contributed by atoms with Gasteiger partial charge in [0.25, 0.3) is 11.8 Å². The maximum atomic E-state index is 12.3. The molecule has 0 atom stereocenters. The molecule has 0 unspecified atom stereocenters. The van der Waals surface area contributed by atoms with Crippen LogP contribution in [-0.4, -0.2) is 32.6 Å². The highest BCUT2D eigenvalue weighted by molar-refractivity contribution is 7.12. The molecular formula is C19H14ClN5O2S. The Morgan fingerprint density at radius 2 is 1.89 bits per heavy atom. The monoisotopic (exact) mass is 411 g/mol. The van der Waals surface area contributed by atoms with E-state index >= 15 is 0 Å². The Kier molecular flexibility index (Phi) is 5.41. The molecule has 1 N–H and O–H groups in total. The van der Waals surface area contributed by atoms with Crippen molar-refractivity contribution >= 4 is 28.8 Å². The Hall–Kier alpha value is -3.10. The molecular weight excluding hydrogens is 398 g/mol. The Balaban J connectivity index is 1.38. The molecule has 1 aromatic carbocycles. The van der Waals surface area contributed by atoms with Gasteiger partial charge in [0, 0.05) is 34.9 Å². The number of carbonyl (C=O) groups excluding carboxylic acids is 1. The second-order valence-corrected chi connectivity index (χ2v) is 7.12. The van der Waals surface area contributed by atoms with Gasteiger partial charge >= 0.3 is 0 Å². The van der Waals surface area contributed by atoms with Crippen molar-refractivity contribution < 1.29 is 9.32 Å². The van der Waals surface area contributed by atoms with Gasteiger partial charge < -0.3 is 9.84 Å². The number of nitrogens with zero attached hydrogens (tertiary/aromatic N) is 4. The first-order valence-corrected chi connectivity index (χ1v) is 9.67. The number of hydrogen-bond donors (Lipinski definition) is 1. The zero-order valence-electron chi connectivity index (χ0n) is 14.5. The predicted octanol–water partition coefficient (Wildman–Crippen LogP) is 3.88. The number of halogens is 1. The minimum atomic E-state index is -0.237. The molecule has 4 aromatic rings. The minimum absolute atomic E-state index is 0.237. The number of amides is 1. The van der Waals surface area contributed by atoms with Crippen LogP contribution in [0.3, 0.4) is 0 Å². The van der Waals surface area contributed by atoms with Crippen LogP contribution in [0.5, 0.6) is 0 Å². The van der Waals surface area contributed by atoms with Crippen molar-refractivity contribution in [3.05, 3.63) is 69.8 Å². The highest BCUT2D eigenvalue weighted by Gasteiger charge is 2.16. The third kappa shape index (κ3) is 4.24. The number of benzene rings is 1. The average molecular weight is 412 g/mol. The Labute approximate surface area is 169 Å². The normalized spacial score (nSPS) is 10.8. The van der Waals surface area contributed by atoms with Crippen molar-refractivity contribution in [3.63, 3.8) is 0 Å². The van der Waals surface area contributed by atoms with E-state index in [0.717, 1.165) is 11.1 Å². The summed E-state index contributed by atoms with van der Waals surface area (Å²) in [5, 5.41) is 9.56. The Morgan fingerprint density at radius 1 is 1.11 bits per heavy atom. The van der Waals surface area contributed by atoms with Gasteiger partial charge in [0.1, 0.15) is 5.69 Å². The van der Waals surface area contributed by atoms with Crippen LogP contribution in [-0.2, 0) is 6.42 Å². The first-order chi connectivity index (χ1) is 13.7. The summed E-state index contributed by atoms with van der Waals surface area (Å²) in [4.78, 5) is 24.9. The average Bonchev–Trinajstić information content (AvgIpc) is 3.40. The van der Waals surface area contributed by atoms with Gasteiger partial charge in [-0.05, 0) is 36.2 Å². The maximum absolute atomic E-state index is 12.3. The van der Waals surface area contributed by atoms with E-state index in [1.54, 1.807) is 29.9 Å². The zero-order chi connectivity index (χ0) is 19.3. The highest BCUT2D eigenvalue weighted by Crippen LogP contribution is 2.23. The lowest BCUT2D eigenvalue weighted by Gasteiger charge is -2.03. The lowest BCUT2D eigenvalue weighted by atomic mass is 10.1. The van der Waals surface area contributed by atoms with Gasteiger partial charge in [-0.2, -0.15) is 4.98 Å². The number of carbonyl (C=O) groups is 1. The van der Waals surface area contributed by atoms with Crippen LogP contribution in [0.4, 0.5) is 0 Å². The van der Waals surface area contributed by atoms with Crippen molar-refractivity contribution in [2.45, 2.75) is 6.42 Å². The van der Waals surface area contributed by atoms with Crippen LogP contribution < -0.4 is 5.32 Å². The lowest BCUT2D eigenvalue weighted by Crippen LogP contribution is -2.25. The van der Waals surface area contributed by atoms with Crippen LogP contribution >= 0.6 is 22.9 Å². The number of nitrogens with one attached hydrogen (secondary N) is 1. The van der Waals surface area contributed by atoms with E-state index in [4.69, 9.17) is 16.1 Å². The SMILES string of the molecule is O=C(NCCc1ccc(Cl)cc1)c1nc(-c2nc(-c3ccncc3)no2)cs1. The number of aromatic nitrogens is 4. The standard InChI is InChI=1S/C19H14ClN5O2S/c20-14-3-1-12(2-4-14)5-10-22-17(26)19-23-15(11-28-19)18-24-16(25-27-18)13-6-8-21-9-7-13/h1-4,6-9,11H,5,10H2,(H,22,26). The summed E-state index contributed by atoms with van der Waals surface area (Å²) in [5.74, 6) is 0.474. The fourth-order valence-corrected chi connectivity index (χ4v) is 3.30. The van der Waals surface area contributed by atoms with E-state index in [1.807, 2.05) is 24.3 Å². The smallest absolute Gasteiger partial charge is 0.280 e. The third-order valence-corrected chi connectivity index (χ3v) is 4.99. The van der Waals surface area contributed by atoms with E-state index in [-0.39, 0.29) is 11.8 Å². The van der Waals surface area contributed by atoms with Gasteiger partial charge in [-0.3, -0.25) is 9.78 Å². The van der Waals surface area contributed by atoms with Crippen LogP contribution in [0, 0.1) is 0 Å². The fraction of sp³-hybridized carbons (Fsp3) is 0.105. The molecule has 0 spiro atoms. The summed E-state index contributed by atoms with van der Waals surface area (Å²) >= 11 is 7.10. The van der Waals surface area contributed by atoms with Crippen molar-refractivity contribution in [1.82, 2.24) is 25.4 Å². The Bertz CT molecular complexity index is 1080. The molecule has 0 bridgehead atoms. The molecule has 0 radical (unpaired) electrons. The number of pyridine rings is 1. The van der Waals surface area contributed by atoms with Gasteiger partial charge in [-0.1, -0.05) is 28.9 Å². The fourth-order valence-electron chi connectivity index (χ4n) is 2.47. The van der Waals surface area contributed by atoms with E-state index in [2.05, 4.69) is 25.4 Å². The van der Waals surface area contributed by atoms with E-state index in [1.165, 1.54) is 11.3 Å². The van der Waals surface area contributed by atoms with Gasteiger partial charge in [0.15, 0.2) is 5.01 Å². The summed E-state index contributed by atoms with van der Waals surface area (Å²) in [6.45, 7) is 0.502. The summed E-state index contributed by atoms with van der Waals surface area (Å²) in [5.41, 5.74) is 2.36. The van der Waals surface area contributed by atoms with E-state index in [0.29, 0.717) is 34.5 Å². The number of rotatable bonds is 6. The summed E-state index contributed by atoms with van der Waals surface area (Å²) < 4.78 is 5.27. The summed E-state index contributed by atoms with van der Waals surface area (Å²) in [6.07, 6.45) is 4.02. The molecule has 1 amide bonds. The lowest BCUT2D eigenvalue weighted by molar-refractivity contribution is 0.0954. The second-order valence-electron chi connectivity index (χ2n) is 5.83. The summed E-state index contributed by atoms with van der Waals surface area (Å²) in [7, 11) is 0. The maximum Gasteiger partial charge on any atom is 0.280 e. The topological polar surface area (TPSA) is 93.8 Å². The minimum Gasteiger partial charge on any atom is -0.350 e. The van der Waals surface area contributed by atoms with E-state index < -0.39 is 0 Å². The molecule has 4 rings (SSSR count). The van der Waals surface area contributed by atoms with Crippen LogP contribution in [0.15, 0.2) is 58.7 Å². The van der Waals surface area contributed by atoms with Crippen LogP contribution in [0.2, 0.25) is 5.02 Å². The molecule has 0 aliphatic heterocycles. The van der Waals surface area contributed by atoms with E-state index in [9.17, 15) is 4.79 Å². The quantitative estimate of drug-likeness (QED) is 0.517. The van der Waals surface area contributed by atoms with Crippen molar-refractivity contribution in [3.8, 4) is 23.0 Å². The number of thiazole rings is 1. The van der Waals surface area contributed by atoms with Gasteiger partial charge in [-0.25, -0.2) is 4.98 Å². The number of hydrogen-bond acceptors (Lipinski definition) is 7. The third-order valence-electron chi connectivity index (χ3n) is 3.89. The summed E-state index contributed by atoms with van der Waals surface area (Å²) in [6, 6.07) is 11.1. The Morgan fingerprint density at radius 3 is 2.68 bits per heavy atom. The molecule has 0 aliphatic carbocycles. The molecule has 0 fully saturated rings.